The molecule has 0 aliphatic carbocycles. The second-order valence-electron chi connectivity index (χ2n) is 3.78. The number of carbonyl (C=O) groups is 1. The maximum absolute atomic E-state index is 11.2. The van der Waals surface area contributed by atoms with Crippen LogP contribution in [0.2, 0.25) is 0 Å². The predicted molar refractivity (Wildman–Crippen MR) is 56.0 cm³/mol. The van der Waals surface area contributed by atoms with Gasteiger partial charge in [-0.15, -0.1) is 0 Å². The summed E-state index contributed by atoms with van der Waals surface area (Å²) in [5.74, 6) is 0.0420. The summed E-state index contributed by atoms with van der Waals surface area (Å²) >= 11 is 0. The molecule has 1 aliphatic heterocycles. The predicted octanol–water partition coefficient (Wildman–Crippen LogP) is 1.27. The Kier molecular flexibility index (Phi) is 5.01. The fourth-order valence-corrected chi connectivity index (χ4v) is 1.59. The van der Waals surface area contributed by atoms with E-state index >= 15 is 0 Å². The fourth-order valence-electron chi connectivity index (χ4n) is 1.59. The molecule has 1 fully saturated rings. The van der Waals surface area contributed by atoms with Gasteiger partial charge in [0, 0.05) is 19.1 Å². The van der Waals surface area contributed by atoms with Crippen molar-refractivity contribution in [3.8, 4) is 0 Å². The Balaban J connectivity index is 2.19. The minimum atomic E-state index is 0.0420. The van der Waals surface area contributed by atoms with E-state index in [-0.39, 0.29) is 11.9 Å². The van der Waals surface area contributed by atoms with Crippen LogP contribution in [0.5, 0.6) is 0 Å². The van der Waals surface area contributed by atoms with E-state index in [9.17, 15) is 4.79 Å². The molecule has 3 nitrogen and oxygen atoms in total. The Labute approximate surface area is 87.2 Å². The fraction of sp³-hybridized carbons (Fsp3) is 0.900. The third-order valence-electron chi connectivity index (χ3n) is 2.56. The van der Waals surface area contributed by atoms with Gasteiger partial charge in [0.15, 0.2) is 0 Å². The molecule has 1 heterocycles. The largest absolute Gasteiger partial charge is 0.392 e. The summed E-state index contributed by atoms with van der Waals surface area (Å²) in [5, 5.41) is 0. The Hall–Kier alpha value is -0.505. The SMILES string of the molecule is [B]N1C(=O)CCCC1COCCCC. The molecule has 14 heavy (non-hydrogen) atoms. The van der Waals surface area contributed by atoms with E-state index < -0.39 is 0 Å². The van der Waals surface area contributed by atoms with Crippen LogP contribution in [0.25, 0.3) is 0 Å². The van der Waals surface area contributed by atoms with Gasteiger partial charge in [-0.3, -0.25) is 4.79 Å². The number of nitrogens with zero attached hydrogens (tertiary/aromatic N) is 1. The Morgan fingerprint density at radius 2 is 2.43 bits per heavy atom. The summed E-state index contributed by atoms with van der Waals surface area (Å²) < 4.78 is 5.46. The van der Waals surface area contributed by atoms with Gasteiger partial charge in [0.2, 0.25) is 13.9 Å². The average Bonchev–Trinajstić information content (AvgIpc) is 2.19. The number of hydrogen-bond donors (Lipinski definition) is 0. The van der Waals surface area contributed by atoms with Gasteiger partial charge in [-0.1, -0.05) is 13.3 Å². The maximum Gasteiger partial charge on any atom is 0.230 e. The number of unbranched alkanes of at least 4 members (excludes halogenated alkanes) is 1. The van der Waals surface area contributed by atoms with Crippen LogP contribution < -0.4 is 0 Å². The summed E-state index contributed by atoms with van der Waals surface area (Å²) in [6, 6.07) is 0.0908. The van der Waals surface area contributed by atoms with Gasteiger partial charge in [-0.25, -0.2) is 0 Å². The second kappa shape index (κ2) is 6.07. The minimum absolute atomic E-state index is 0.0420. The number of amides is 1. The molecule has 78 valence electrons. The number of hydrogen-bond acceptors (Lipinski definition) is 2. The first kappa shape index (κ1) is 11.6. The maximum atomic E-state index is 11.2. The molecule has 0 aromatic carbocycles. The van der Waals surface area contributed by atoms with Gasteiger partial charge in [0.1, 0.15) is 0 Å². The topological polar surface area (TPSA) is 29.5 Å². The molecule has 0 spiro atoms. The van der Waals surface area contributed by atoms with Crippen LogP contribution >= 0.6 is 0 Å². The molecule has 0 bridgehead atoms. The van der Waals surface area contributed by atoms with Gasteiger partial charge in [0.25, 0.3) is 0 Å². The number of ether oxygens (including phenoxy) is 1. The highest BCUT2D eigenvalue weighted by Gasteiger charge is 2.23. The van der Waals surface area contributed by atoms with Crippen LogP contribution in [0.15, 0.2) is 0 Å². The van der Waals surface area contributed by atoms with E-state index in [1.165, 1.54) is 4.81 Å². The first-order valence-corrected chi connectivity index (χ1v) is 5.40. The summed E-state index contributed by atoms with van der Waals surface area (Å²) in [7, 11) is 5.64. The van der Waals surface area contributed by atoms with Gasteiger partial charge < -0.3 is 9.55 Å². The van der Waals surface area contributed by atoms with Crippen molar-refractivity contribution in [2.75, 3.05) is 13.2 Å². The van der Waals surface area contributed by atoms with E-state index in [4.69, 9.17) is 12.7 Å². The van der Waals surface area contributed by atoms with Crippen molar-refractivity contribution >= 4 is 13.9 Å². The lowest BCUT2D eigenvalue weighted by molar-refractivity contribution is -0.131. The Morgan fingerprint density at radius 3 is 3.14 bits per heavy atom. The smallest absolute Gasteiger partial charge is 0.230 e. The van der Waals surface area contributed by atoms with Crippen LogP contribution in [0.3, 0.4) is 0 Å². The first-order chi connectivity index (χ1) is 6.75. The van der Waals surface area contributed by atoms with Crippen molar-refractivity contribution in [3.63, 3.8) is 0 Å². The van der Waals surface area contributed by atoms with Gasteiger partial charge in [-0.2, -0.15) is 0 Å². The molecule has 4 heteroatoms. The third-order valence-corrected chi connectivity index (χ3v) is 2.56. The van der Waals surface area contributed by atoms with Crippen molar-refractivity contribution in [2.45, 2.75) is 45.1 Å². The molecule has 1 saturated heterocycles. The summed E-state index contributed by atoms with van der Waals surface area (Å²) in [6.07, 6.45) is 4.70. The minimum Gasteiger partial charge on any atom is -0.392 e. The summed E-state index contributed by atoms with van der Waals surface area (Å²) in [4.78, 5) is 12.6. The quantitative estimate of drug-likeness (QED) is 0.488. The highest BCUT2D eigenvalue weighted by Crippen LogP contribution is 2.16. The summed E-state index contributed by atoms with van der Waals surface area (Å²) in [5.41, 5.74) is 0. The second-order valence-corrected chi connectivity index (χ2v) is 3.78. The molecular weight excluding hydrogens is 177 g/mol. The molecule has 1 unspecified atom stereocenters. The van der Waals surface area contributed by atoms with Crippen LogP contribution in [0.4, 0.5) is 0 Å². The Bertz CT molecular complexity index is 187. The van der Waals surface area contributed by atoms with Crippen LogP contribution in [0.1, 0.15) is 39.0 Å². The monoisotopic (exact) mass is 195 g/mol. The van der Waals surface area contributed by atoms with Crippen molar-refractivity contribution in [2.24, 2.45) is 0 Å². The molecule has 0 aromatic rings. The van der Waals surface area contributed by atoms with E-state index in [0.29, 0.717) is 13.0 Å². The van der Waals surface area contributed by atoms with Crippen molar-refractivity contribution in [1.82, 2.24) is 4.81 Å². The van der Waals surface area contributed by atoms with Gasteiger partial charge in [-0.05, 0) is 19.3 Å². The lowest BCUT2D eigenvalue weighted by Crippen LogP contribution is -2.44. The third kappa shape index (κ3) is 3.33. The van der Waals surface area contributed by atoms with Gasteiger partial charge in [0.05, 0.1) is 6.61 Å². The normalized spacial score (nSPS) is 22.8. The zero-order valence-electron chi connectivity index (χ0n) is 8.87. The summed E-state index contributed by atoms with van der Waals surface area (Å²) in [6.45, 7) is 3.49. The van der Waals surface area contributed by atoms with Crippen LogP contribution in [0, 0.1) is 0 Å². The lowest BCUT2D eigenvalue weighted by Gasteiger charge is -2.33. The molecular formula is C10H18BNO2. The molecule has 1 aliphatic rings. The van der Waals surface area contributed by atoms with E-state index in [0.717, 1.165) is 32.3 Å². The first-order valence-electron chi connectivity index (χ1n) is 5.40. The zero-order valence-corrected chi connectivity index (χ0v) is 8.87. The number of carbonyl (C=O) groups excluding carboxylic acids is 1. The molecule has 0 saturated carbocycles. The van der Waals surface area contributed by atoms with Crippen LogP contribution in [-0.2, 0) is 9.53 Å². The molecule has 2 radical (unpaired) electrons. The van der Waals surface area contributed by atoms with E-state index in [1.807, 2.05) is 0 Å². The highest BCUT2D eigenvalue weighted by atomic mass is 16.5. The number of piperidine rings is 1. The van der Waals surface area contributed by atoms with Gasteiger partial charge >= 0.3 is 0 Å². The molecule has 0 aromatic heterocycles. The van der Waals surface area contributed by atoms with Crippen molar-refractivity contribution < 1.29 is 9.53 Å². The Morgan fingerprint density at radius 1 is 1.64 bits per heavy atom. The van der Waals surface area contributed by atoms with E-state index in [1.54, 1.807) is 0 Å². The van der Waals surface area contributed by atoms with Crippen molar-refractivity contribution in [3.05, 3.63) is 0 Å². The van der Waals surface area contributed by atoms with Crippen LogP contribution in [-0.4, -0.2) is 38.0 Å². The molecule has 1 rings (SSSR count). The lowest BCUT2D eigenvalue weighted by atomic mass is 9.98. The average molecular weight is 195 g/mol. The molecule has 1 amide bonds. The standard InChI is InChI=1S/C10H18BNO2/c1-2-3-7-14-8-9-5-4-6-10(13)12(9)11/h9H,2-8H2,1H3. The number of rotatable bonds is 5. The van der Waals surface area contributed by atoms with E-state index in [2.05, 4.69) is 6.92 Å². The highest BCUT2D eigenvalue weighted by molar-refractivity contribution is 6.14. The zero-order chi connectivity index (χ0) is 10.4. The molecule has 0 N–H and O–H groups in total. The van der Waals surface area contributed by atoms with Crippen molar-refractivity contribution in [1.29, 1.82) is 0 Å². The molecule has 1 atom stereocenters.